The molecule has 1 aliphatic rings. The van der Waals surface area contributed by atoms with Crippen molar-refractivity contribution in [3.8, 4) is 5.75 Å². The molecule has 0 unspecified atom stereocenters. The fraction of sp³-hybridized carbons (Fsp3) is 0.304. The number of unbranched alkanes of at least 4 members (excludes halogenated alkanes) is 1. The van der Waals surface area contributed by atoms with Gasteiger partial charge < -0.3 is 10.2 Å². The molecule has 5 heteroatoms. The molecule has 1 fully saturated rings. The molecule has 0 amide bonds. The van der Waals surface area contributed by atoms with Crippen molar-refractivity contribution in [2.45, 2.75) is 44.4 Å². The van der Waals surface area contributed by atoms with Gasteiger partial charge in [-0.25, -0.2) is 9.78 Å². The van der Waals surface area contributed by atoms with E-state index in [1.807, 2.05) is 42.5 Å². The molecule has 0 atom stereocenters. The number of benzene rings is 2. The molecule has 2 aromatic carbocycles. The predicted molar refractivity (Wildman–Crippen MR) is 110 cm³/mol. The molecule has 1 aliphatic carbocycles. The Labute approximate surface area is 168 Å². The molecular formula is C23H22ClNO3. The first kappa shape index (κ1) is 18.8. The van der Waals surface area contributed by atoms with Crippen molar-refractivity contribution in [3.05, 3.63) is 69.9 Å². The van der Waals surface area contributed by atoms with Crippen LogP contribution in [0.4, 0.5) is 0 Å². The summed E-state index contributed by atoms with van der Waals surface area (Å²) in [4.78, 5) is 16.9. The number of pyridine rings is 1. The van der Waals surface area contributed by atoms with Crippen LogP contribution in [-0.4, -0.2) is 21.2 Å². The van der Waals surface area contributed by atoms with Gasteiger partial charge in [-0.15, -0.1) is 0 Å². The third-order valence-electron chi connectivity index (χ3n) is 5.69. The molecule has 0 aliphatic heterocycles. The predicted octanol–water partition coefficient (Wildman–Crippen LogP) is 5.71. The van der Waals surface area contributed by atoms with E-state index in [9.17, 15) is 15.0 Å². The second kappa shape index (κ2) is 7.10. The zero-order valence-corrected chi connectivity index (χ0v) is 16.5. The molecule has 1 heterocycles. The van der Waals surface area contributed by atoms with Gasteiger partial charge in [-0.3, -0.25) is 0 Å². The number of fused-ring (bicyclic) bond motifs is 1. The largest absolute Gasteiger partial charge is 0.505 e. The van der Waals surface area contributed by atoms with Crippen molar-refractivity contribution in [3.63, 3.8) is 0 Å². The number of aryl methyl sites for hydroxylation is 1. The van der Waals surface area contributed by atoms with Gasteiger partial charge in [-0.05, 0) is 55.0 Å². The van der Waals surface area contributed by atoms with Crippen molar-refractivity contribution in [2.75, 3.05) is 0 Å². The van der Waals surface area contributed by atoms with Crippen LogP contribution in [-0.2, 0) is 11.8 Å². The Kier molecular flexibility index (Phi) is 4.76. The lowest BCUT2D eigenvalue weighted by Crippen LogP contribution is -2.14. The first-order chi connectivity index (χ1) is 13.5. The summed E-state index contributed by atoms with van der Waals surface area (Å²) >= 11 is 6.02. The second-order valence-corrected chi connectivity index (χ2v) is 7.93. The van der Waals surface area contributed by atoms with E-state index in [0.29, 0.717) is 21.6 Å². The van der Waals surface area contributed by atoms with Gasteiger partial charge in [-0.2, -0.15) is 0 Å². The van der Waals surface area contributed by atoms with E-state index in [1.165, 1.54) is 0 Å². The fourth-order valence-corrected chi connectivity index (χ4v) is 4.18. The van der Waals surface area contributed by atoms with E-state index >= 15 is 0 Å². The summed E-state index contributed by atoms with van der Waals surface area (Å²) in [5.74, 6) is -1.33. The third-order valence-corrected chi connectivity index (χ3v) is 5.94. The SMILES string of the molecule is CCCCc1cccc2nc(C3(c4ccc(Cl)cc4)CC3)c(O)c(C(=O)O)c12. The van der Waals surface area contributed by atoms with Crippen LogP contribution in [0.3, 0.4) is 0 Å². The highest BCUT2D eigenvalue weighted by Crippen LogP contribution is 2.56. The standard InChI is InChI=1S/C23H22ClNO3/c1-2-3-5-14-6-4-7-17-18(14)19(22(27)28)20(26)21(25-17)23(12-13-23)15-8-10-16(24)11-9-15/h4,6-11,26H,2-3,5,12-13H2,1H3,(H,27,28). The number of aromatic carboxylic acids is 1. The van der Waals surface area contributed by atoms with Gasteiger partial charge in [0.25, 0.3) is 0 Å². The highest BCUT2D eigenvalue weighted by molar-refractivity contribution is 6.30. The highest BCUT2D eigenvalue weighted by atomic mass is 35.5. The van der Waals surface area contributed by atoms with Crippen LogP contribution in [0.2, 0.25) is 5.02 Å². The van der Waals surface area contributed by atoms with E-state index in [0.717, 1.165) is 43.2 Å². The van der Waals surface area contributed by atoms with Crippen LogP contribution >= 0.6 is 11.6 Å². The van der Waals surface area contributed by atoms with E-state index in [2.05, 4.69) is 6.92 Å². The van der Waals surface area contributed by atoms with E-state index < -0.39 is 11.4 Å². The molecule has 4 nitrogen and oxygen atoms in total. The van der Waals surface area contributed by atoms with Gasteiger partial charge in [-0.1, -0.05) is 49.2 Å². The molecule has 4 rings (SSSR count). The van der Waals surface area contributed by atoms with Crippen molar-refractivity contribution < 1.29 is 15.0 Å². The summed E-state index contributed by atoms with van der Waals surface area (Å²) in [6.07, 6.45) is 4.35. The number of carbonyl (C=O) groups is 1. The fourth-order valence-electron chi connectivity index (χ4n) is 4.05. The van der Waals surface area contributed by atoms with Crippen LogP contribution in [0.15, 0.2) is 42.5 Å². The van der Waals surface area contributed by atoms with Gasteiger partial charge in [0.05, 0.1) is 11.2 Å². The van der Waals surface area contributed by atoms with Gasteiger partial charge in [0.15, 0.2) is 5.75 Å². The van der Waals surface area contributed by atoms with Gasteiger partial charge in [0, 0.05) is 15.8 Å². The summed E-state index contributed by atoms with van der Waals surface area (Å²) < 4.78 is 0. The number of hydrogen-bond donors (Lipinski definition) is 2. The molecular weight excluding hydrogens is 374 g/mol. The number of carboxylic acid groups (broad SMARTS) is 1. The molecule has 3 aromatic rings. The quantitative estimate of drug-likeness (QED) is 0.560. The Hall–Kier alpha value is -2.59. The van der Waals surface area contributed by atoms with Crippen LogP contribution in [0.1, 0.15) is 59.8 Å². The lowest BCUT2D eigenvalue weighted by Gasteiger charge is -2.20. The summed E-state index contributed by atoms with van der Waals surface area (Å²) in [7, 11) is 0. The Bertz CT molecular complexity index is 1060. The summed E-state index contributed by atoms with van der Waals surface area (Å²) in [6.45, 7) is 2.10. The van der Waals surface area contributed by atoms with Crippen molar-refractivity contribution in [1.29, 1.82) is 0 Å². The number of aromatic nitrogens is 1. The normalized spacial score (nSPS) is 14.9. The maximum Gasteiger partial charge on any atom is 0.340 e. The van der Waals surface area contributed by atoms with Crippen LogP contribution in [0, 0.1) is 0 Å². The Morgan fingerprint density at radius 1 is 1.18 bits per heavy atom. The number of carboxylic acids is 1. The second-order valence-electron chi connectivity index (χ2n) is 7.49. The van der Waals surface area contributed by atoms with E-state index in [-0.39, 0.29) is 11.3 Å². The minimum atomic E-state index is -1.12. The number of nitrogens with zero attached hydrogens (tertiary/aromatic N) is 1. The molecule has 2 N–H and O–H groups in total. The molecule has 28 heavy (non-hydrogen) atoms. The topological polar surface area (TPSA) is 70.4 Å². The minimum Gasteiger partial charge on any atom is -0.505 e. The van der Waals surface area contributed by atoms with Crippen molar-refractivity contribution >= 4 is 28.5 Å². The monoisotopic (exact) mass is 395 g/mol. The molecule has 0 radical (unpaired) electrons. The van der Waals surface area contributed by atoms with Gasteiger partial charge in [0.1, 0.15) is 5.56 Å². The molecule has 144 valence electrons. The van der Waals surface area contributed by atoms with Crippen LogP contribution < -0.4 is 0 Å². The van der Waals surface area contributed by atoms with E-state index in [1.54, 1.807) is 0 Å². The zero-order chi connectivity index (χ0) is 19.9. The van der Waals surface area contributed by atoms with Crippen molar-refractivity contribution in [1.82, 2.24) is 4.98 Å². The van der Waals surface area contributed by atoms with Crippen LogP contribution in [0.5, 0.6) is 5.75 Å². The summed E-state index contributed by atoms with van der Waals surface area (Å²) in [5, 5.41) is 22.1. The molecule has 1 aromatic heterocycles. The molecule has 0 spiro atoms. The maximum absolute atomic E-state index is 12.1. The lowest BCUT2D eigenvalue weighted by atomic mass is 9.88. The first-order valence-corrected chi connectivity index (χ1v) is 10.00. The summed E-state index contributed by atoms with van der Waals surface area (Å²) in [5.41, 5.74) is 2.50. The Balaban J connectivity index is 1.95. The molecule has 1 saturated carbocycles. The Morgan fingerprint density at radius 2 is 1.89 bits per heavy atom. The van der Waals surface area contributed by atoms with Gasteiger partial charge >= 0.3 is 5.97 Å². The number of rotatable bonds is 6. The van der Waals surface area contributed by atoms with E-state index in [4.69, 9.17) is 16.6 Å². The number of aromatic hydroxyl groups is 1. The molecule has 0 bridgehead atoms. The van der Waals surface area contributed by atoms with Crippen LogP contribution in [0.25, 0.3) is 10.9 Å². The minimum absolute atomic E-state index is 0.0352. The van der Waals surface area contributed by atoms with Gasteiger partial charge in [0.2, 0.25) is 0 Å². The highest BCUT2D eigenvalue weighted by Gasteiger charge is 2.50. The lowest BCUT2D eigenvalue weighted by molar-refractivity contribution is 0.0695. The summed E-state index contributed by atoms with van der Waals surface area (Å²) in [6, 6.07) is 13.2. The Morgan fingerprint density at radius 3 is 2.50 bits per heavy atom. The third kappa shape index (κ3) is 3.02. The first-order valence-electron chi connectivity index (χ1n) is 9.62. The van der Waals surface area contributed by atoms with Crippen molar-refractivity contribution in [2.24, 2.45) is 0 Å². The molecule has 0 saturated heterocycles. The average molecular weight is 396 g/mol. The number of halogens is 1. The maximum atomic E-state index is 12.1. The smallest absolute Gasteiger partial charge is 0.340 e. The number of hydrogen-bond acceptors (Lipinski definition) is 3. The average Bonchev–Trinajstić information content (AvgIpc) is 3.48. The zero-order valence-electron chi connectivity index (χ0n) is 15.7.